The molecule has 8 heteroatoms. The fraction of sp³-hybridized carbons (Fsp3) is 0.455. The monoisotopic (exact) mass is 425 g/mol. The van der Waals surface area contributed by atoms with Crippen molar-refractivity contribution >= 4 is 39.0 Å². The molecule has 1 fully saturated rings. The normalized spacial score (nSPS) is 14.9. The predicted molar refractivity (Wildman–Crippen MR) is 121 cm³/mol. The highest BCUT2D eigenvalue weighted by molar-refractivity contribution is 7.20. The molecule has 4 heterocycles. The number of nitrogens with zero attached hydrogens (tertiary/aromatic N) is 4. The van der Waals surface area contributed by atoms with Gasteiger partial charge in [-0.2, -0.15) is 0 Å². The lowest BCUT2D eigenvalue weighted by Gasteiger charge is -2.27. The molecular weight excluding hydrogens is 398 g/mol. The first-order valence-electron chi connectivity index (χ1n) is 10.1. The maximum atomic E-state index is 13.0. The zero-order valence-electron chi connectivity index (χ0n) is 18.1. The topological polar surface area (TPSA) is 80.2 Å². The second-order valence-electron chi connectivity index (χ2n) is 8.58. The van der Waals surface area contributed by atoms with Gasteiger partial charge in [0.05, 0.1) is 35.7 Å². The Balaban J connectivity index is 1.57. The summed E-state index contributed by atoms with van der Waals surface area (Å²) >= 11 is 1.42. The van der Waals surface area contributed by atoms with E-state index in [0.29, 0.717) is 23.8 Å². The summed E-state index contributed by atoms with van der Waals surface area (Å²) in [6, 6.07) is 3.82. The maximum absolute atomic E-state index is 13.0. The molecule has 1 aliphatic rings. The third-order valence-electron chi connectivity index (χ3n) is 5.19. The van der Waals surface area contributed by atoms with Crippen molar-refractivity contribution in [2.45, 2.75) is 40.0 Å². The molecule has 1 aliphatic heterocycles. The molecule has 1 amide bonds. The van der Waals surface area contributed by atoms with Gasteiger partial charge < -0.3 is 15.0 Å². The minimum atomic E-state index is -0.146. The summed E-state index contributed by atoms with van der Waals surface area (Å²) in [4.78, 5) is 30.6. The van der Waals surface area contributed by atoms with Gasteiger partial charge in [0.15, 0.2) is 0 Å². The molecule has 3 aromatic heterocycles. The van der Waals surface area contributed by atoms with Gasteiger partial charge in [-0.15, -0.1) is 11.3 Å². The SMILES string of the molecule is Cc1nc(C(C)(C)C)nc2sc(C(=O)Nc3ccc(N4CCOCC4)nc3)c(C)c12. The van der Waals surface area contributed by atoms with E-state index in [1.54, 1.807) is 6.20 Å². The lowest BCUT2D eigenvalue weighted by Crippen LogP contribution is -2.36. The number of fused-ring (bicyclic) bond motifs is 1. The Morgan fingerprint density at radius 3 is 2.53 bits per heavy atom. The molecule has 0 atom stereocenters. The number of thiophene rings is 1. The van der Waals surface area contributed by atoms with Crippen LogP contribution in [-0.4, -0.2) is 47.2 Å². The summed E-state index contributed by atoms with van der Waals surface area (Å²) < 4.78 is 5.38. The average molecular weight is 426 g/mol. The van der Waals surface area contributed by atoms with Crippen molar-refractivity contribution in [2.24, 2.45) is 0 Å². The van der Waals surface area contributed by atoms with Crippen molar-refractivity contribution in [3.63, 3.8) is 0 Å². The summed E-state index contributed by atoms with van der Waals surface area (Å²) in [6.45, 7) is 13.3. The molecule has 0 aliphatic carbocycles. The van der Waals surface area contributed by atoms with Crippen molar-refractivity contribution in [1.29, 1.82) is 0 Å². The maximum Gasteiger partial charge on any atom is 0.266 e. The van der Waals surface area contributed by atoms with Gasteiger partial charge in [0.25, 0.3) is 5.91 Å². The summed E-state index contributed by atoms with van der Waals surface area (Å²) in [5.41, 5.74) is 2.36. The van der Waals surface area contributed by atoms with E-state index in [1.165, 1.54) is 11.3 Å². The van der Waals surface area contributed by atoms with Crippen LogP contribution in [0.1, 0.15) is 47.5 Å². The molecule has 158 valence electrons. The lowest BCUT2D eigenvalue weighted by molar-refractivity contribution is 0.103. The third kappa shape index (κ3) is 4.02. The summed E-state index contributed by atoms with van der Waals surface area (Å²) in [6.07, 6.45) is 1.70. The molecule has 7 nitrogen and oxygen atoms in total. The van der Waals surface area contributed by atoms with Crippen LogP contribution >= 0.6 is 11.3 Å². The van der Waals surface area contributed by atoms with E-state index in [-0.39, 0.29) is 11.3 Å². The lowest BCUT2D eigenvalue weighted by atomic mass is 9.95. The van der Waals surface area contributed by atoms with Crippen molar-refractivity contribution in [3.8, 4) is 0 Å². The summed E-state index contributed by atoms with van der Waals surface area (Å²) in [5.74, 6) is 1.55. The third-order valence-corrected chi connectivity index (χ3v) is 6.37. The van der Waals surface area contributed by atoms with Crippen molar-refractivity contribution in [1.82, 2.24) is 15.0 Å². The van der Waals surface area contributed by atoms with Crippen LogP contribution in [0.5, 0.6) is 0 Å². The second kappa shape index (κ2) is 7.92. The number of pyridine rings is 1. The Morgan fingerprint density at radius 2 is 1.90 bits per heavy atom. The van der Waals surface area contributed by atoms with E-state index in [0.717, 1.165) is 46.2 Å². The zero-order chi connectivity index (χ0) is 21.5. The van der Waals surface area contributed by atoms with Crippen molar-refractivity contribution in [3.05, 3.63) is 40.3 Å². The van der Waals surface area contributed by atoms with Gasteiger partial charge in [0.1, 0.15) is 16.5 Å². The first-order valence-corrected chi connectivity index (χ1v) is 10.9. The van der Waals surface area contributed by atoms with Crippen LogP contribution in [0.2, 0.25) is 0 Å². The molecule has 0 radical (unpaired) electrons. The molecule has 0 saturated carbocycles. The van der Waals surface area contributed by atoms with Gasteiger partial charge in [0, 0.05) is 23.9 Å². The van der Waals surface area contributed by atoms with Crippen LogP contribution in [0.3, 0.4) is 0 Å². The molecule has 4 rings (SSSR count). The quantitative estimate of drug-likeness (QED) is 0.681. The van der Waals surface area contributed by atoms with Crippen LogP contribution in [0, 0.1) is 13.8 Å². The number of aryl methyl sites for hydroxylation is 2. The number of carbonyl (C=O) groups is 1. The van der Waals surface area contributed by atoms with Gasteiger partial charge in [-0.25, -0.2) is 15.0 Å². The van der Waals surface area contributed by atoms with Crippen LogP contribution in [0.25, 0.3) is 10.2 Å². The van der Waals surface area contributed by atoms with Crippen LogP contribution in [0.15, 0.2) is 18.3 Å². The van der Waals surface area contributed by atoms with Crippen LogP contribution in [0.4, 0.5) is 11.5 Å². The zero-order valence-corrected chi connectivity index (χ0v) is 18.9. The van der Waals surface area contributed by atoms with E-state index in [9.17, 15) is 4.79 Å². The number of amides is 1. The van der Waals surface area contributed by atoms with Gasteiger partial charge in [0.2, 0.25) is 0 Å². The van der Waals surface area contributed by atoms with Crippen LogP contribution < -0.4 is 10.2 Å². The standard InChI is InChI=1S/C22H27N5O2S/c1-13-17-14(2)24-21(22(3,4)5)26-20(17)30-18(13)19(28)25-15-6-7-16(23-12-15)27-8-10-29-11-9-27/h6-7,12H,8-11H2,1-5H3,(H,25,28). The Morgan fingerprint density at radius 1 is 1.17 bits per heavy atom. The van der Waals surface area contributed by atoms with E-state index < -0.39 is 0 Å². The number of hydrogen-bond donors (Lipinski definition) is 1. The number of morpholine rings is 1. The Bertz CT molecular complexity index is 1080. The van der Waals surface area contributed by atoms with E-state index >= 15 is 0 Å². The van der Waals surface area contributed by atoms with Gasteiger partial charge in [-0.1, -0.05) is 20.8 Å². The molecule has 0 spiro atoms. The van der Waals surface area contributed by atoms with Crippen molar-refractivity contribution in [2.75, 3.05) is 36.5 Å². The number of ether oxygens (including phenoxy) is 1. The Labute approximate surface area is 180 Å². The van der Waals surface area contributed by atoms with E-state index in [1.807, 2.05) is 26.0 Å². The molecule has 0 unspecified atom stereocenters. The molecular formula is C22H27N5O2S. The fourth-order valence-electron chi connectivity index (χ4n) is 3.52. The van der Waals surface area contributed by atoms with Crippen molar-refractivity contribution < 1.29 is 9.53 Å². The van der Waals surface area contributed by atoms with Gasteiger partial charge in [-0.3, -0.25) is 4.79 Å². The number of rotatable bonds is 3. The average Bonchev–Trinajstić information content (AvgIpc) is 3.06. The number of hydrogen-bond acceptors (Lipinski definition) is 7. The smallest absolute Gasteiger partial charge is 0.266 e. The first kappa shape index (κ1) is 20.7. The first-order chi connectivity index (χ1) is 14.2. The predicted octanol–water partition coefficient (Wildman–Crippen LogP) is 4.09. The minimum Gasteiger partial charge on any atom is -0.378 e. The number of nitrogens with one attached hydrogen (secondary N) is 1. The highest BCUT2D eigenvalue weighted by Crippen LogP contribution is 2.33. The summed E-state index contributed by atoms with van der Waals surface area (Å²) in [5, 5.41) is 3.94. The summed E-state index contributed by atoms with van der Waals surface area (Å²) in [7, 11) is 0. The Hall–Kier alpha value is -2.58. The van der Waals surface area contributed by atoms with Crippen LogP contribution in [-0.2, 0) is 10.2 Å². The largest absolute Gasteiger partial charge is 0.378 e. The Kier molecular flexibility index (Phi) is 5.46. The van der Waals surface area contributed by atoms with Gasteiger partial charge >= 0.3 is 0 Å². The number of carbonyl (C=O) groups excluding carboxylic acids is 1. The van der Waals surface area contributed by atoms with E-state index in [4.69, 9.17) is 9.72 Å². The molecule has 0 aromatic carbocycles. The molecule has 1 N–H and O–H groups in total. The number of anilines is 2. The molecule has 30 heavy (non-hydrogen) atoms. The molecule has 1 saturated heterocycles. The highest BCUT2D eigenvalue weighted by atomic mass is 32.1. The van der Waals surface area contributed by atoms with Gasteiger partial charge in [-0.05, 0) is 31.5 Å². The second-order valence-corrected chi connectivity index (χ2v) is 9.58. The highest BCUT2D eigenvalue weighted by Gasteiger charge is 2.23. The number of aromatic nitrogens is 3. The molecule has 3 aromatic rings. The minimum absolute atomic E-state index is 0.145. The fourth-order valence-corrected chi connectivity index (χ4v) is 4.65. The van der Waals surface area contributed by atoms with E-state index in [2.05, 4.69) is 41.0 Å². The molecule has 0 bridgehead atoms.